The third-order valence-corrected chi connectivity index (χ3v) is 5.72. The highest BCUT2D eigenvalue weighted by atomic mass is 32.1. The van der Waals surface area contributed by atoms with Crippen molar-refractivity contribution in [1.82, 2.24) is 4.90 Å². The zero-order valence-corrected chi connectivity index (χ0v) is 13.4. The van der Waals surface area contributed by atoms with Crippen LogP contribution in [0.15, 0.2) is 17.5 Å². The first-order valence-electron chi connectivity index (χ1n) is 8.25. The highest BCUT2D eigenvalue weighted by molar-refractivity contribution is 7.09. The number of carbonyl (C=O) groups is 1. The molecule has 2 saturated heterocycles. The molecule has 0 bridgehead atoms. The number of piperidine rings is 1. The van der Waals surface area contributed by atoms with Crippen LogP contribution in [-0.4, -0.2) is 36.6 Å². The van der Waals surface area contributed by atoms with Crippen LogP contribution < -0.4 is 0 Å². The maximum Gasteiger partial charge on any atom is 0.226 e. The molecule has 3 rings (SSSR count). The summed E-state index contributed by atoms with van der Waals surface area (Å²) in [6.45, 7) is 2.47. The number of carbonyl (C=O) groups excluding carboxylic acids is 1. The summed E-state index contributed by atoms with van der Waals surface area (Å²) in [7, 11) is 0. The Labute approximate surface area is 131 Å². The Balaban J connectivity index is 1.59. The van der Waals surface area contributed by atoms with Gasteiger partial charge in [0.2, 0.25) is 5.91 Å². The first-order chi connectivity index (χ1) is 10.3. The van der Waals surface area contributed by atoms with Crippen LogP contribution in [0.2, 0.25) is 0 Å². The third-order valence-electron chi connectivity index (χ3n) is 4.78. The van der Waals surface area contributed by atoms with Crippen LogP contribution in [-0.2, 0) is 16.0 Å². The Hall–Kier alpha value is -0.870. The van der Waals surface area contributed by atoms with Crippen molar-refractivity contribution in [2.75, 3.05) is 19.8 Å². The van der Waals surface area contributed by atoms with E-state index in [1.807, 2.05) is 11.3 Å². The summed E-state index contributed by atoms with van der Waals surface area (Å²) in [6, 6.07) is 4.78. The van der Waals surface area contributed by atoms with Gasteiger partial charge in [-0.05, 0) is 56.4 Å². The molecule has 0 radical (unpaired) electrons. The van der Waals surface area contributed by atoms with E-state index in [0.717, 1.165) is 45.4 Å². The molecule has 116 valence electrons. The minimum Gasteiger partial charge on any atom is -0.381 e. The summed E-state index contributed by atoms with van der Waals surface area (Å²) in [5, 5.41) is 2.14. The summed E-state index contributed by atoms with van der Waals surface area (Å²) in [5.74, 6) is 0.607. The minimum atomic E-state index is 0.209. The van der Waals surface area contributed by atoms with E-state index in [9.17, 15) is 4.79 Å². The van der Waals surface area contributed by atoms with Gasteiger partial charge in [-0.3, -0.25) is 4.79 Å². The van der Waals surface area contributed by atoms with Crippen molar-refractivity contribution < 1.29 is 9.53 Å². The van der Waals surface area contributed by atoms with Crippen LogP contribution in [0.25, 0.3) is 0 Å². The Bertz CT molecular complexity index is 440. The molecule has 1 amide bonds. The second-order valence-corrected chi connectivity index (χ2v) is 7.22. The number of hydrogen-bond acceptors (Lipinski definition) is 3. The van der Waals surface area contributed by atoms with Crippen LogP contribution >= 0.6 is 11.3 Å². The number of amides is 1. The van der Waals surface area contributed by atoms with Gasteiger partial charge in [0, 0.05) is 36.6 Å². The van der Waals surface area contributed by atoms with Crippen molar-refractivity contribution in [1.29, 1.82) is 0 Å². The molecule has 0 aliphatic carbocycles. The third kappa shape index (κ3) is 3.86. The Morgan fingerprint density at radius 1 is 1.29 bits per heavy atom. The normalized spacial score (nSPS) is 24.2. The molecule has 4 heteroatoms. The molecule has 1 atom stereocenters. The predicted octanol–water partition coefficient (Wildman–Crippen LogP) is 3.49. The molecule has 1 aromatic rings. The van der Waals surface area contributed by atoms with Gasteiger partial charge in [0.1, 0.15) is 0 Å². The molecule has 21 heavy (non-hydrogen) atoms. The largest absolute Gasteiger partial charge is 0.381 e. The van der Waals surface area contributed by atoms with Crippen LogP contribution in [0.3, 0.4) is 0 Å². The molecule has 3 heterocycles. The van der Waals surface area contributed by atoms with Gasteiger partial charge in [0.25, 0.3) is 0 Å². The van der Waals surface area contributed by atoms with E-state index >= 15 is 0 Å². The second kappa shape index (κ2) is 7.41. The van der Waals surface area contributed by atoms with Crippen molar-refractivity contribution >= 4 is 17.2 Å². The predicted molar refractivity (Wildman–Crippen MR) is 85.5 cm³/mol. The standard InChI is InChI=1S/C17H25NO2S/c19-17(14-8-11-20-12-9-14)18-10-2-1-4-15(18)6-7-16-5-3-13-21-16/h3,5,13-15H,1-2,4,6-12H2/t15-/m0/s1. The SMILES string of the molecule is O=C(C1CCOCC1)N1CCCC[C@H]1CCc1cccs1. The van der Waals surface area contributed by atoms with Gasteiger partial charge in [-0.15, -0.1) is 11.3 Å². The van der Waals surface area contributed by atoms with Crippen LogP contribution in [0.4, 0.5) is 0 Å². The van der Waals surface area contributed by atoms with Gasteiger partial charge in [-0.1, -0.05) is 6.07 Å². The summed E-state index contributed by atoms with van der Waals surface area (Å²) in [5.41, 5.74) is 0. The lowest BCUT2D eigenvalue weighted by Crippen LogP contribution is -2.47. The van der Waals surface area contributed by atoms with Gasteiger partial charge in [-0.25, -0.2) is 0 Å². The van der Waals surface area contributed by atoms with Gasteiger partial charge in [-0.2, -0.15) is 0 Å². The van der Waals surface area contributed by atoms with Crippen molar-refractivity contribution in [3.8, 4) is 0 Å². The fourth-order valence-electron chi connectivity index (χ4n) is 3.53. The number of likely N-dealkylation sites (tertiary alicyclic amines) is 1. The van der Waals surface area contributed by atoms with Gasteiger partial charge >= 0.3 is 0 Å². The molecule has 0 spiro atoms. The molecular formula is C17H25NO2S. The highest BCUT2D eigenvalue weighted by Gasteiger charge is 2.32. The van der Waals surface area contributed by atoms with Gasteiger partial charge < -0.3 is 9.64 Å². The first kappa shape index (κ1) is 15.0. The quantitative estimate of drug-likeness (QED) is 0.852. The van der Waals surface area contributed by atoms with Gasteiger partial charge in [0.15, 0.2) is 0 Å². The number of aryl methyl sites for hydroxylation is 1. The maximum absolute atomic E-state index is 12.8. The lowest BCUT2D eigenvalue weighted by molar-refractivity contribution is -0.142. The monoisotopic (exact) mass is 307 g/mol. The molecule has 3 nitrogen and oxygen atoms in total. The Morgan fingerprint density at radius 3 is 2.90 bits per heavy atom. The summed E-state index contributed by atoms with van der Waals surface area (Å²) >= 11 is 1.83. The van der Waals surface area contributed by atoms with E-state index in [-0.39, 0.29) is 5.92 Å². The number of nitrogens with zero attached hydrogens (tertiary/aromatic N) is 1. The lowest BCUT2D eigenvalue weighted by atomic mass is 9.92. The van der Waals surface area contributed by atoms with E-state index in [4.69, 9.17) is 4.74 Å². The summed E-state index contributed by atoms with van der Waals surface area (Å²) in [4.78, 5) is 16.4. The van der Waals surface area contributed by atoms with Crippen LogP contribution in [0.5, 0.6) is 0 Å². The molecule has 2 fully saturated rings. The second-order valence-electron chi connectivity index (χ2n) is 6.19. The summed E-state index contributed by atoms with van der Waals surface area (Å²) < 4.78 is 5.39. The van der Waals surface area contributed by atoms with Crippen molar-refractivity contribution in [3.05, 3.63) is 22.4 Å². The molecular weight excluding hydrogens is 282 g/mol. The van der Waals surface area contributed by atoms with Crippen molar-refractivity contribution in [2.45, 2.75) is 51.0 Å². The van der Waals surface area contributed by atoms with E-state index in [0.29, 0.717) is 11.9 Å². The fourth-order valence-corrected chi connectivity index (χ4v) is 4.26. The van der Waals surface area contributed by atoms with E-state index in [2.05, 4.69) is 22.4 Å². The van der Waals surface area contributed by atoms with Crippen molar-refractivity contribution in [3.63, 3.8) is 0 Å². The van der Waals surface area contributed by atoms with Crippen molar-refractivity contribution in [2.24, 2.45) is 5.92 Å². The molecule has 0 N–H and O–H groups in total. The molecule has 2 aliphatic rings. The molecule has 0 aromatic carbocycles. The van der Waals surface area contributed by atoms with E-state index in [1.54, 1.807) is 0 Å². The topological polar surface area (TPSA) is 29.5 Å². The van der Waals surface area contributed by atoms with Crippen LogP contribution in [0, 0.1) is 5.92 Å². The van der Waals surface area contributed by atoms with Gasteiger partial charge in [0.05, 0.1) is 0 Å². The Morgan fingerprint density at radius 2 is 2.14 bits per heavy atom. The Kier molecular flexibility index (Phi) is 5.31. The average Bonchev–Trinajstić information content (AvgIpc) is 3.07. The number of rotatable bonds is 4. The zero-order valence-electron chi connectivity index (χ0n) is 12.6. The molecule has 0 saturated carbocycles. The van der Waals surface area contributed by atoms with E-state index in [1.165, 1.54) is 24.1 Å². The average molecular weight is 307 g/mol. The zero-order chi connectivity index (χ0) is 14.5. The first-order valence-corrected chi connectivity index (χ1v) is 9.13. The smallest absolute Gasteiger partial charge is 0.226 e. The number of thiophene rings is 1. The number of hydrogen-bond donors (Lipinski definition) is 0. The maximum atomic E-state index is 12.8. The fraction of sp³-hybridized carbons (Fsp3) is 0.706. The van der Waals surface area contributed by atoms with E-state index < -0.39 is 0 Å². The van der Waals surface area contributed by atoms with Crippen LogP contribution in [0.1, 0.15) is 43.4 Å². The molecule has 1 aromatic heterocycles. The lowest BCUT2D eigenvalue weighted by Gasteiger charge is -2.38. The highest BCUT2D eigenvalue weighted by Crippen LogP contribution is 2.26. The number of ether oxygens (including phenoxy) is 1. The molecule has 0 unspecified atom stereocenters. The minimum absolute atomic E-state index is 0.209. The summed E-state index contributed by atoms with van der Waals surface area (Å²) in [6.07, 6.45) is 7.67. The molecule has 2 aliphatic heterocycles.